The number of halogens is 3. The number of ether oxygens (including phenoxy) is 11. The summed E-state index contributed by atoms with van der Waals surface area (Å²) in [5, 5.41) is 24.4. The molecule has 25 heteroatoms. The minimum atomic E-state index is -1.58. The van der Waals surface area contributed by atoms with Crippen LogP contribution in [0.15, 0.2) is 30.6 Å². The molecule has 1 aliphatic carbocycles. The average molecular weight is 1380 g/mol. The van der Waals surface area contributed by atoms with E-state index in [1.807, 2.05) is 54.6 Å². The number of hydrogen-bond donors (Lipinski definition) is 2. The lowest BCUT2D eigenvalue weighted by Gasteiger charge is -2.50. The van der Waals surface area contributed by atoms with Gasteiger partial charge in [-0.15, -0.1) is 0 Å². The second kappa shape index (κ2) is 29.3. The van der Waals surface area contributed by atoms with Crippen LogP contribution in [0, 0.1) is 23.7 Å². The zero-order valence-electron chi connectivity index (χ0n) is 52.6. The fourth-order valence-electron chi connectivity index (χ4n) is 13.9. The molecule has 5 aliphatic heterocycles. The number of aliphatic hydroxyl groups is 2. The van der Waals surface area contributed by atoms with E-state index >= 15 is 9.59 Å². The van der Waals surface area contributed by atoms with Gasteiger partial charge >= 0.3 is 18.1 Å². The number of cyclic esters (lactones) is 1. The molecule has 6 aliphatic rings. The van der Waals surface area contributed by atoms with E-state index in [0.717, 1.165) is 31.4 Å². The number of likely N-dealkylation sites (N-methyl/N-ethyl adjacent to an activating group) is 1. The van der Waals surface area contributed by atoms with Crippen molar-refractivity contribution < 1.29 is 81.5 Å². The van der Waals surface area contributed by atoms with Crippen LogP contribution in [0.25, 0.3) is 0 Å². The molecule has 3 amide bonds. The number of alkyl halides is 1. The third kappa shape index (κ3) is 15.2. The number of Topliss-reactive ketones (excluding diaryl/α,β-unsaturated/α-hetero) is 1. The summed E-state index contributed by atoms with van der Waals surface area (Å²) in [5.74, 6) is -3.45. The van der Waals surface area contributed by atoms with Crippen LogP contribution in [-0.2, 0) is 58.8 Å². The van der Waals surface area contributed by atoms with Gasteiger partial charge in [-0.1, -0.05) is 44.0 Å². The number of amides is 3. The topological polar surface area (TPSA) is 236 Å². The molecule has 1 aromatic carbocycles. The Morgan fingerprint density at radius 3 is 2.20 bits per heavy atom. The Kier molecular flexibility index (Phi) is 23.4. The van der Waals surface area contributed by atoms with Gasteiger partial charge in [-0.25, -0.2) is 9.59 Å². The number of pyridine rings is 1. The van der Waals surface area contributed by atoms with Crippen LogP contribution in [0.2, 0.25) is 10.0 Å². The Bertz CT molecular complexity index is 2680. The number of fused-ring (bicyclic) bond motifs is 1. The summed E-state index contributed by atoms with van der Waals surface area (Å²) in [7, 11) is 6.26. The van der Waals surface area contributed by atoms with Crippen molar-refractivity contribution in [2.24, 2.45) is 23.7 Å². The number of aromatic nitrogens is 1. The first kappa shape index (κ1) is 69.3. The Morgan fingerprint density at radius 1 is 0.885 bits per heavy atom. The quantitative estimate of drug-likeness (QED) is 0.0854. The van der Waals surface area contributed by atoms with Gasteiger partial charge in [0.1, 0.15) is 18.0 Å². The normalized spacial score (nSPS) is 36.6. The number of carbonyl (C=O) groups excluding carboxylic acids is 4. The predicted octanol–water partition coefficient (Wildman–Crippen LogP) is 8.84. The molecule has 22 nitrogen and oxygen atoms in total. The van der Waals surface area contributed by atoms with Crippen LogP contribution >= 0.6 is 45.8 Å². The maximum atomic E-state index is 15.5. The van der Waals surface area contributed by atoms with E-state index in [-0.39, 0.29) is 43.8 Å². The van der Waals surface area contributed by atoms with Gasteiger partial charge in [0.25, 0.3) is 0 Å². The average Bonchev–Trinajstić information content (AvgIpc) is 1.72. The van der Waals surface area contributed by atoms with Crippen molar-refractivity contribution in [3.05, 3.63) is 46.2 Å². The van der Waals surface area contributed by atoms with Crippen LogP contribution in [0.1, 0.15) is 119 Å². The molecular formula is C62H92Cl2IN5O17. The van der Waals surface area contributed by atoms with Crippen LogP contribution in [-0.4, -0.2) is 210 Å². The number of anilines is 1. The SMILES string of the molecule is COc1ccc(N(CCCN2C(=O)O[C@]3(C)[C@@H](I)OC(=O)[C@H](C)[C@@H](O[C@H]4C[C@@](C)(OC)[C@@H](O)[C@H](C)O4)[C@H](C)[C@@H](O[C@@H]4O[C@H](C)C[C@H](N(C)C(=O)N5CCOCC5)[C@H]4O)[C@](C)(OC)C[C@@H](C)C(=O)[C@H](C)[C@@H]23)Cc2c(Cl)cncc2Cl)cc1OC1CCCC1. The van der Waals surface area contributed by atoms with Crippen molar-refractivity contribution in [1.29, 1.82) is 0 Å². The maximum absolute atomic E-state index is 15.5. The lowest BCUT2D eigenvalue weighted by atomic mass is 9.74. The van der Waals surface area contributed by atoms with Gasteiger partial charge in [0, 0.05) is 108 Å². The third-order valence-electron chi connectivity index (χ3n) is 19.2. The van der Waals surface area contributed by atoms with Gasteiger partial charge in [0.2, 0.25) is 0 Å². The van der Waals surface area contributed by atoms with Crippen molar-refractivity contribution in [3.63, 3.8) is 0 Å². The first-order valence-electron chi connectivity index (χ1n) is 30.6. The molecule has 6 heterocycles. The van der Waals surface area contributed by atoms with Crippen molar-refractivity contribution >= 4 is 75.4 Å². The minimum Gasteiger partial charge on any atom is -0.493 e. The number of benzene rings is 1. The molecule has 2 aromatic rings. The molecule has 1 aromatic heterocycles. The molecule has 0 unspecified atom stereocenters. The Morgan fingerprint density at radius 2 is 1.55 bits per heavy atom. The molecule has 87 heavy (non-hydrogen) atoms. The number of hydrogen-bond acceptors (Lipinski definition) is 19. The van der Waals surface area contributed by atoms with E-state index in [1.165, 1.54) is 19.1 Å². The summed E-state index contributed by atoms with van der Waals surface area (Å²) in [6, 6.07) is 3.74. The third-order valence-corrected chi connectivity index (χ3v) is 21.3. The summed E-state index contributed by atoms with van der Waals surface area (Å²) in [6.07, 6.45) is -1.12. The van der Waals surface area contributed by atoms with Gasteiger partial charge in [-0.05, 0) is 121 Å². The standard InChI is InChI=1S/C62H92Cl2IN5O17/c1-34-29-61(8,79-13)54(85-56-50(72)45(27-35(2)81-56)67(10)58(75)68-23-25-80-26-24-68)37(4)51(84-48-30-60(7,78-12)53(73)39(6)82-48)38(5)55(74)86-57(65)62(9)52(36(3)49(34)71)70(59(76)87-62)22-16-21-69(33-42-43(63)31-66-32-44(42)64)40-19-20-46(77-11)47(28-40)83-41-17-14-15-18-41/h19-20,28,31-32,34-39,41,45,48,50-54,56-57,72-73H,14-18,21-27,29-30,33H2,1-13H3/t34-,35-,36+,37+,38-,39+,45+,48+,50-,51+,52-,53+,54-,56+,57+,60-,61-,62+/m1/s1. The molecule has 8 rings (SSSR count). The highest BCUT2D eigenvalue weighted by molar-refractivity contribution is 14.1. The Hall–Kier alpha value is -3.60. The van der Waals surface area contributed by atoms with Gasteiger partial charge < -0.3 is 81.9 Å². The predicted molar refractivity (Wildman–Crippen MR) is 331 cm³/mol. The van der Waals surface area contributed by atoms with Crippen LogP contribution in [0.5, 0.6) is 11.5 Å². The van der Waals surface area contributed by atoms with Crippen molar-refractivity contribution in [1.82, 2.24) is 19.7 Å². The summed E-state index contributed by atoms with van der Waals surface area (Å²) in [5.41, 5.74) is -2.69. The van der Waals surface area contributed by atoms with Gasteiger partial charge in [0.05, 0.1) is 90.1 Å². The second-order valence-corrected chi connectivity index (χ2v) is 27.3. The molecule has 0 spiro atoms. The molecule has 18 atom stereocenters. The summed E-state index contributed by atoms with van der Waals surface area (Å²) in [6.45, 7) is 18.2. The van der Waals surface area contributed by atoms with E-state index in [1.54, 1.807) is 84.8 Å². The number of nitrogens with zero attached hydrogens (tertiary/aromatic N) is 5. The largest absolute Gasteiger partial charge is 0.493 e. The molecule has 0 bridgehead atoms. The first-order chi connectivity index (χ1) is 41.2. The van der Waals surface area contributed by atoms with E-state index in [4.69, 9.17) is 75.3 Å². The molecule has 0 radical (unpaired) electrons. The fourth-order valence-corrected chi connectivity index (χ4v) is 15.1. The summed E-state index contributed by atoms with van der Waals surface area (Å²) < 4.78 is 68.8. The smallest absolute Gasteiger partial charge is 0.410 e. The minimum absolute atomic E-state index is 0.0324. The van der Waals surface area contributed by atoms with E-state index in [9.17, 15) is 19.8 Å². The number of carbonyl (C=O) groups is 4. The maximum Gasteiger partial charge on any atom is 0.410 e. The molecule has 488 valence electrons. The highest BCUT2D eigenvalue weighted by atomic mass is 127. The number of rotatable bonds is 17. The summed E-state index contributed by atoms with van der Waals surface area (Å²) >= 11 is 15.5. The van der Waals surface area contributed by atoms with E-state index < -0.39 is 118 Å². The van der Waals surface area contributed by atoms with Crippen LogP contribution in [0.4, 0.5) is 15.3 Å². The van der Waals surface area contributed by atoms with Gasteiger partial charge in [0.15, 0.2) is 33.8 Å². The van der Waals surface area contributed by atoms with E-state index in [2.05, 4.69) is 9.88 Å². The zero-order chi connectivity index (χ0) is 63.4. The number of esters is 1. The Labute approximate surface area is 536 Å². The van der Waals surface area contributed by atoms with Gasteiger partial charge in [-0.3, -0.25) is 14.6 Å². The van der Waals surface area contributed by atoms with Crippen LogP contribution < -0.4 is 14.4 Å². The second-order valence-electron chi connectivity index (χ2n) is 25.3. The van der Waals surface area contributed by atoms with Gasteiger partial charge in [-0.2, -0.15) is 0 Å². The first-order valence-corrected chi connectivity index (χ1v) is 32.6. The number of aliphatic hydroxyl groups excluding tert-OH is 2. The monoisotopic (exact) mass is 1380 g/mol. The highest BCUT2D eigenvalue weighted by Gasteiger charge is 2.61. The van der Waals surface area contributed by atoms with Crippen molar-refractivity contribution in [2.45, 2.75) is 209 Å². The lowest BCUT2D eigenvalue weighted by molar-refractivity contribution is -0.318. The summed E-state index contributed by atoms with van der Waals surface area (Å²) in [4.78, 5) is 70.4. The molecular weight excluding hydrogens is 1280 g/mol. The fraction of sp³-hybridized carbons (Fsp3) is 0.758. The number of morpholine rings is 1. The molecule has 5 saturated heterocycles. The van der Waals surface area contributed by atoms with Crippen LogP contribution in [0.3, 0.4) is 0 Å². The van der Waals surface area contributed by atoms with Crippen molar-refractivity contribution in [2.75, 3.05) is 72.7 Å². The highest BCUT2D eigenvalue weighted by Crippen LogP contribution is 2.46. The molecule has 6 fully saturated rings. The lowest BCUT2D eigenvalue weighted by Crippen LogP contribution is -2.62. The van der Waals surface area contributed by atoms with E-state index in [0.29, 0.717) is 72.8 Å². The number of ketones is 1. The Balaban J connectivity index is 1.14. The molecule has 1 saturated carbocycles. The number of urea groups is 1. The number of methoxy groups -OCH3 is 3. The van der Waals surface area contributed by atoms with Crippen molar-refractivity contribution in [3.8, 4) is 11.5 Å². The molecule has 2 N–H and O–H groups in total. The zero-order valence-corrected chi connectivity index (χ0v) is 56.3.